The largest absolute Gasteiger partial charge is 0.377 e. The zero-order valence-electron chi connectivity index (χ0n) is 6.89. The van der Waals surface area contributed by atoms with E-state index in [1.54, 1.807) is 7.11 Å². The van der Waals surface area contributed by atoms with Crippen molar-refractivity contribution in [2.24, 2.45) is 0 Å². The average molecular weight is 245 g/mol. The third-order valence-corrected chi connectivity index (χ3v) is 3.54. The Kier molecular flexibility index (Phi) is 4.94. The Balaban J connectivity index is 0.000001000. The molecule has 4 heteroatoms. The van der Waals surface area contributed by atoms with Crippen molar-refractivity contribution in [3.05, 3.63) is 0 Å². The van der Waals surface area contributed by atoms with E-state index in [9.17, 15) is 0 Å². The molecule has 0 bridgehead atoms. The normalized spacial score (nSPS) is 37.9. The van der Waals surface area contributed by atoms with E-state index >= 15 is 0 Å². The molecular formula is C7H15BrClNO. The third kappa shape index (κ3) is 2.58. The minimum absolute atomic E-state index is 0. The molecule has 0 saturated carbocycles. The van der Waals surface area contributed by atoms with Crippen LogP contribution in [0.3, 0.4) is 0 Å². The summed E-state index contributed by atoms with van der Waals surface area (Å²) >= 11 is 3.58. The van der Waals surface area contributed by atoms with E-state index in [0.717, 1.165) is 19.5 Å². The molecule has 0 aromatic heterocycles. The summed E-state index contributed by atoms with van der Waals surface area (Å²) in [5, 5.41) is 3.30. The van der Waals surface area contributed by atoms with Crippen molar-refractivity contribution in [3.8, 4) is 0 Å². The number of piperidine rings is 1. The maximum absolute atomic E-state index is 5.40. The van der Waals surface area contributed by atoms with E-state index in [-0.39, 0.29) is 18.0 Å². The number of nitrogens with one attached hydrogen (secondary N) is 1. The molecule has 1 heterocycles. The standard InChI is InChI=1S/C7H14BrNO.ClH/c1-7(10-2)3-4-9-5-6(7)8;/h6,9H,3-5H2,1-2H3;1H/t6-,7-;/m0./s1. The maximum atomic E-state index is 5.40. The van der Waals surface area contributed by atoms with Crippen LogP contribution in [-0.2, 0) is 4.74 Å². The van der Waals surface area contributed by atoms with Gasteiger partial charge in [0.15, 0.2) is 0 Å². The number of hydrogen-bond donors (Lipinski definition) is 1. The summed E-state index contributed by atoms with van der Waals surface area (Å²) in [7, 11) is 1.78. The Hall–Kier alpha value is 0.690. The fourth-order valence-electron chi connectivity index (χ4n) is 1.17. The summed E-state index contributed by atoms with van der Waals surface area (Å²) in [5.41, 5.74) is 0.0330. The second-order valence-electron chi connectivity index (χ2n) is 2.94. The fourth-order valence-corrected chi connectivity index (χ4v) is 1.81. The molecule has 2 atom stereocenters. The van der Waals surface area contributed by atoms with Crippen molar-refractivity contribution in [2.75, 3.05) is 20.2 Å². The molecule has 1 aliphatic rings. The van der Waals surface area contributed by atoms with Gasteiger partial charge in [0.25, 0.3) is 0 Å². The van der Waals surface area contributed by atoms with Gasteiger partial charge in [0.1, 0.15) is 0 Å². The van der Waals surface area contributed by atoms with Crippen LogP contribution in [0.15, 0.2) is 0 Å². The quantitative estimate of drug-likeness (QED) is 0.707. The van der Waals surface area contributed by atoms with Crippen LogP contribution in [0.1, 0.15) is 13.3 Å². The molecule has 0 unspecified atom stereocenters. The van der Waals surface area contributed by atoms with Crippen molar-refractivity contribution in [1.29, 1.82) is 0 Å². The lowest BCUT2D eigenvalue weighted by Gasteiger charge is -2.37. The molecule has 11 heavy (non-hydrogen) atoms. The summed E-state index contributed by atoms with van der Waals surface area (Å²) in [6.07, 6.45) is 1.08. The van der Waals surface area contributed by atoms with Gasteiger partial charge < -0.3 is 10.1 Å². The van der Waals surface area contributed by atoms with Gasteiger partial charge >= 0.3 is 0 Å². The van der Waals surface area contributed by atoms with Crippen LogP contribution in [0, 0.1) is 0 Å². The molecular weight excluding hydrogens is 229 g/mol. The predicted molar refractivity (Wildman–Crippen MR) is 52.9 cm³/mol. The SMILES string of the molecule is CO[C@@]1(C)CCNC[C@@H]1Br.Cl. The zero-order chi connectivity index (χ0) is 7.61. The molecule has 1 fully saturated rings. The molecule has 0 aromatic rings. The highest BCUT2D eigenvalue weighted by Gasteiger charge is 2.34. The van der Waals surface area contributed by atoms with Gasteiger partial charge in [-0.25, -0.2) is 0 Å². The van der Waals surface area contributed by atoms with Crippen LogP contribution in [0.4, 0.5) is 0 Å². The van der Waals surface area contributed by atoms with Crippen molar-refractivity contribution < 1.29 is 4.74 Å². The van der Waals surface area contributed by atoms with Gasteiger partial charge in [0.05, 0.1) is 10.4 Å². The fraction of sp³-hybridized carbons (Fsp3) is 1.00. The lowest BCUT2D eigenvalue weighted by Crippen LogP contribution is -2.50. The first kappa shape index (κ1) is 11.7. The van der Waals surface area contributed by atoms with Crippen LogP contribution in [0.5, 0.6) is 0 Å². The van der Waals surface area contributed by atoms with E-state index in [0.29, 0.717) is 4.83 Å². The number of hydrogen-bond acceptors (Lipinski definition) is 2. The van der Waals surface area contributed by atoms with Crippen molar-refractivity contribution in [3.63, 3.8) is 0 Å². The van der Waals surface area contributed by atoms with Gasteiger partial charge in [0.2, 0.25) is 0 Å². The highest BCUT2D eigenvalue weighted by Crippen LogP contribution is 2.27. The lowest BCUT2D eigenvalue weighted by molar-refractivity contribution is -0.0107. The number of rotatable bonds is 1. The van der Waals surface area contributed by atoms with E-state index in [4.69, 9.17) is 4.74 Å². The van der Waals surface area contributed by atoms with Crippen LogP contribution in [-0.4, -0.2) is 30.6 Å². The van der Waals surface area contributed by atoms with Crippen molar-refractivity contribution in [2.45, 2.75) is 23.8 Å². The predicted octanol–water partition coefficient (Wildman–Crippen LogP) is 1.57. The summed E-state index contributed by atoms with van der Waals surface area (Å²) in [5.74, 6) is 0. The van der Waals surface area contributed by atoms with Crippen LogP contribution >= 0.6 is 28.3 Å². The molecule has 0 radical (unpaired) electrons. The first-order chi connectivity index (χ1) is 4.69. The lowest BCUT2D eigenvalue weighted by atomic mass is 9.95. The average Bonchev–Trinajstić information content (AvgIpc) is 1.96. The second-order valence-corrected chi connectivity index (χ2v) is 4.04. The van der Waals surface area contributed by atoms with Crippen LogP contribution in [0.25, 0.3) is 0 Å². The zero-order valence-corrected chi connectivity index (χ0v) is 9.30. The maximum Gasteiger partial charge on any atom is 0.0799 e. The number of alkyl halides is 1. The van der Waals surface area contributed by atoms with E-state index in [1.165, 1.54) is 0 Å². The van der Waals surface area contributed by atoms with Gasteiger partial charge in [0, 0.05) is 13.7 Å². The highest BCUT2D eigenvalue weighted by molar-refractivity contribution is 9.09. The first-order valence-electron chi connectivity index (χ1n) is 3.59. The van der Waals surface area contributed by atoms with Crippen LogP contribution < -0.4 is 5.32 Å². The summed E-state index contributed by atoms with van der Waals surface area (Å²) < 4.78 is 5.40. The molecule has 2 nitrogen and oxygen atoms in total. The van der Waals surface area contributed by atoms with Crippen molar-refractivity contribution in [1.82, 2.24) is 5.32 Å². The first-order valence-corrected chi connectivity index (χ1v) is 4.50. The molecule has 0 aromatic carbocycles. The summed E-state index contributed by atoms with van der Waals surface area (Å²) in [6, 6.07) is 0. The minimum atomic E-state index is 0. The Morgan fingerprint density at radius 1 is 1.64 bits per heavy atom. The Morgan fingerprint density at radius 2 is 2.27 bits per heavy atom. The topological polar surface area (TPSA) is 21.3 Å². The minimum Gasteiger partial charge on any atom is -0.377 e. The molecule has 0 aliphatic carbocycles. The second kappa shape index (κ2) is 4.65. The Morgan fingerprint density at radius 3 is 2.64 bits per heavy atom. The Labute approximate surface area is 82.6 Å². The third-order valence-electron chi connectivity index (χ3n) is 2.25. The van der Waals surface area contributed by atoms with E-state index < -0.39 is 0 Å². The van der Waals surface area contributed by atoms with Gasteiger partial charge in [-0.15, -0.1) is 12.4 Å². The summed E-state index contributed by atoms with van der Waals surface area (Å²) in [6.45, 7) is 4.21. The van der Waals surface area contributed by atoms with E-state index in [2.05, 4.69) is 28.2 Å². The summed E-state index contributed by atoms with van der Waals surface area (Å²) in [4.78, 5) is 0.443. The van der Waals surface area contributed by atoms with E-state index in [1.807, 2.05) is 0 Å². The van der Waals surface area contributed by atoms with Gasteiger partial charge in [-0.3, -0.25) is 0 Å². The van der Waals surface area contributed by atoms with Crippen LogP contribution in [0.2, 0.25) is 0 Å². The molecule has 1 aliphatic heterocycles. The van der Waals surface area contributed by atoms with Gasteiger partial charge in [-0.2, -0.15) is 0 Å². The Bertz CT molecular complexity index is 125. The molecule has 0 amide bonds. The number of ether oxygens (including phenoxy) is 1. The monoisotopic (exact) mass is 243 g/mol. The number of methoxy groups -OCH3 is 1. The van der Waals surface area contributed by atoms with Gasteiger partial charge in [-0.1, -0.05) is 15.9 Å². The van der Waals surface area contributed by atoms with Gasteiger partial charge in [-0.05, 0) is 19.9 Å². The molecule has 1 saturated heterocycles. The number of halogens is 2. The van der Waals surface area contributed by atoms with Crippen molar-refractivity contribution >= 4 is 28.3 Å². The highest BCUT2D eigenvalue weighted by atomic mass is 79.9. The molecule has 1 N–H and O–H groups in total. The molecule has 68 valence electrons. The smallest absolute Gasteiger partial charge is 0.0799 e. The molecule has 1 rings (SSSR count). The molecule has 0 spiro atoms.